The average molecular weight is 234 g/mol. The molecule has 0 spiro atoms. The van der Waals surface area contributed by atoms with Gasteiger partial charge in [0.2, 0.25) is 0 Å². The molecule has 3 unspecified atom stereocenters. The van der Waals surface area contributed by atoms with E-state index in [4.69, 9.17) is 9.47 Å². The van der Waals surface area contributed by atoms with Gasteiger partial charge in [0.15, 0.2) is 6.29 Å². The summed E-state index contributed by atoms with van der Waals surface area (Å²) in [5.41, 5.74) is 1.06. The van der Waals surface area contributed by atoms with E-state index in [0.717, 1.165) is 12.0 Å². The van der Waals surface area contributed by atoms with Crippen LogP contribution in [0.25, 0.3) is 0 Å². The molecular formula is C14H18O3. The Kier molecular flexibility index (Phi) is 2.90. The topological polar surface area (TPSA) is 38.7 Å². The third-order valence-corrected chi connectivity index (χ3v) is 4.04. The highest BCUT2D eigenvalue weighted by Gasteiger charge is 2.44. The molecule has 1 aliphatic carbocycles. The van der Waals surface area contributed by atoms with Crippen molar-refractivity contribution in [3.05, 3.63) is 35.9 Å². The van der Waals surface area contributed by atoms with Gasteiger partial charge in [-0.15, -0.1) is 0 Å². The van der Waals surface area contributed by atoms with Gasteiger partial charge >= 0.3 is 0 Å². The zero-order valence-corrected chi connectivity index (χ0v) is 9.95. The fourth-order valence-electron chi connectivity index (χ4n) is 2.85. The summed E-state index contributed by atoms with van der Waals surface area (Å²) in [7, 11) is 0. The second-order valence-corrected chi connectivity index (χ2v) is 5.08. The highest BCUT2D eigenvalue weighted by atomic mass is 16.7. The first-order valence-electron chi connectivity index (χ1n) is 6.26. The van der Waals surface area contributed by atoms with Crippen molar-refractivity contribution in [1.29, 1.82) is 0 Å². The third kappa shape index (κ3) is 1.99. The van der Waals surface area contributed by atoms with Crippen molar-refractivity contribution in [2.24, 2.45) is 11.8 Å². The van der Waals surface area contributed by atoms with Crippen LogP contribution < -0.4 is 0 Å². The van der Waals surface area contributed by atoms with Crippen LogP contribution in [0.3, 0.4) is 0 Å². The fourth-order valence-corrected chi connectivity index (χ4v) is 2.85. The summed E-state index contributed by atoms with van der Waals surface area (Å²) in [5.74, 6) is 0.613. The molecule has 1 aliphatic heterocycles. The molecule has 0 aromatic heterocycles. The SMILES string of the molecule is CC1C2COC(c3ccccc3)O[C@H]2C[C@H]1O. The molecule has 2 fully saturated rings. The van der Waals surface area contributed by atoms with Crippen LogP contribution in [0, 0.1) is 11.8 Å². The van der Waals surface area contributed by atoms with E-state index in [1.54, 1.807) is 0 Å². The summed E-state index contributed by atoms with van der Waals surface area (Å²) >= 11 is 0. The van der Waals surface area contributed by atoms with E-state index in [2.05, 4.69) is 6.92 Å². The summed E-state index contributed by atoms with van der Waals surface area (Å²) in [6.07, 6.45) is 0.357. The number of aliphatic hydroxyl groups is 1. The van der Waals surface area contributed by atoms with Crippen LogP contribution in [-0.4, -0.2) is 23.9 Å². The Bertz CT molecular complexity index is 378. The molecular weight excluding hydrogens is 216 g/mol. The molecule has 0 radical (unpaired) electrons. The zero-order chi connectivity index (χ0) is 11.8. The Labute approximate surface area is 101 Å². The number of hydrogen-bond acceptors (Lipinski definition) is 3. The van der Waals surface area contributed by atoms with E-state index in [1.165, 1.54) is 0 Å². The third-order valence-electron chi connectivity index (χ3n) is 4.04. The summed E-state index contributed by atoms with van der Waals surface area (Å²) < 4.78 is 11.7. The second kappa shape index (κ2) is 4.41. The van der Waals surface area contributed by atoms with Crippen molar-refractivity contribution >= 4 is 0 Å². The van der Waals surface area contributed by atoms with Gasteiger partial charge < -0.3 is 14.6 Å². The summed E-state index contributed by atoms with van der Waals surface area (Å²) in [6, 6.07) is 9.98. The van der Waals surface area contributed by atoms with E-state index in [0.29, 0.717) is 12.5 Å². The minimum Gasteiger partial charge on any atom is -0.393 e. The lowest BCUT2D eigenvalue weighted by Crippen LogP contribution is -2.34. The maximum Gasteiger partial charge on any atom is 0.184 e. The summed E-state index contributed by atoms with van der Waals surface area (Å²) in [6.45, 7) is 2.76. The fraction of sp³-hybridized carbons (Fsp3) is 0.571. The molecule has 0 amide bonds. The molecule has 0 bridgehead atoms. The zero-order valence-electron chi connectivity index (χ0n) is 9.95. The van der Waals surface area contributed by atoms with Gasteiger partial charge in [0.05, 0.1) is 18.8 Å². The Morgan fingerprint density at radius 3 is 2.76 bits per heavy atom. The Hall–Kier alpha value is -0.900. The van der Waals surface area contributed by atoms with Crippen molar-refractivity contribution in [2.75, 3.05) is 6.61 Å². The molecule has 2 aliphatic rings. The average Bonchev–Trinajstić information content (AvgIpc) is 2.66. The van der Waals surface area contributed by atoms with Crippen LogP contribution in [0.4, 0.5) is 0 Å². The van der Waals surface area contributed by atoms with Crippen molar-refractivity contribution < 1.29 is 14.6 Å². The quantitative estimate of drug-likeness (QED) is 0.809. The van der Waals surface area contributed by atoms with Gasteiger partial charge in [0, 0.05) is 17.9 Å². The smallest absolute Gasteiger partial charge is 0.184 e. The molecule has 5 atom stereocenters. The Balaban J connectivity index is 1.73. The highest BCUT2D eigenvalue weighted by Crippen LogP contribution is 2.41. The van der Waals surface area contributed by atoms with Gasteiger partial charge in [0.25, 0.3) is 0 Å². The van der Waals surface area contributed by atoms with Crippen molar-refractivity contribution in [3.63, 3.8) is 0 Å². The molecule has 92 valence electrons. The van der Waals surface area contributed by atoms with Crippen LogP contribution in [0.5, 0.6) is 0 Å². The first-order valence-corrected chi connectivity index (χ1v) is 6.26. The van der Waals surface area contributed by atoms with Crippen LogP contribution in [0.1, 0.15) is 25.2 Å². The van der Waals surface area contributed by atoms with Crippen LogP contribution >= 0.6 is 0 Å². The predicted molar refractivity (Wildman–Crippen MR) is 63.3 cm³/mol. The first-order chi connectivity index (χ1) is 8.25. The van der Waals surface area contributed by atoms with Gasteiger partial charge in [0.1, 0.15) is 0 Å². The van der Waals surface area contributed by atoms with Crippen LogP contribution in [0.2, 0.25) is 0 Å². The number of fused-ring (bicyclic) bond motifs is 1. The minimum atomic E-state index is -0.269. The molecule has 1 N–H and O–H groups in total. The van der Waals surface area contributed by atoms with Crippen LogP contribution in [-0.2, 0) is 9.47 Å². The monoisotopic (exact) mass is 234 g/mol. The number of rotatable bonds is 1. The molecule has 1 aromatic rings. The van der Waals surface area contributed by atoms with E-state index in [1.807, 2.05) is 30.3 Å². The molecule has 3 rings (SSSR count). The standard InChI is InChI=1S/C14H18O3/c1-9-11-8-16-14(10-5-3-2-4-6-10)17-13(11)7-12(9)15/h2-6,9,11-15H,7-8H2,1H3/t9?,11?,12-,13+,14?/m1/s1. The van der Waals surface area contributed by atoms with Crippen molar-refractivity contribution in [2.45, 2.75) is 31.8 Å². The second-order valence-electron chi connectivity index (χ2n) is 5.08. The lowest BCUT2D eigenvalue weighted by molar-refractivity contribution is -0.237. The molecule has 3 heteroatoms. The summed E-state index contributed by atoms with van der Waals surface area (Å²) in [5, 5.41) is 9.85. The first kappa shape index (κ1) is 11.2. The van der Waals surface area contributed by atoms with Gasteiger partial charge in [-0.3, -0.25) is 0 Å². The van der Waals surface area contributed by atoms with E-state index in [-0.39, 0.29) is 24.4 Å². The Morgan fingerprint density at radius 2 is 2.00 bits per heavy atom. The number of hydrogen-bond donors (Lipinski definition) is 1. The van der Waals surface area contributed by atoms with Crippen molar-refractivity contribution in [1.82, 2.24) is 0 Å². The molecule has 3 nitrogen and oxygen atoms in total. The molecule has 1 saturated carbocycles. The van der Waals surface area contributed by atoms with Crippen LogP contribution in [0.15, 0.2) is 30.3 Å². The molecule has 1 heterocycles. The molecule has 1 aromatic carbocycles. The van der Waals surface area contributed by atoms with Crippen molar-refractivity contribution in [3.8, 4) is 0 Å². The van der Waals surface area contributed by atoms with E-state index in [9.17, 15) is 5.11 Å². The predicted octanol–water partition coefficient (Wildman–Crippen LogP) is 2.12. The number of benzene rings is 1. The maximum absolute atomic E-state index is 9.85. The van der Waals surface area contributed by atoms with Gasteiger partial charge in [-0.2, -0.15) is 0 Å². The lowest BCUT2D eigenvalue weighted by atomic mass is 9.96. The number of ether oxygens (including phenoxy) is 2. The van der Waals surface area contributed by atoms with E-state index >= 15 is 0 Å². The molecule has 17 heavy (non-hydrogen) atoms. The van der Waals surface area contributed by atoms with Gasteiger partial charge in [-0.1, -0.05) is 37.3 Å². The van der Waals surface area contributed by atoms with Gasteiger partial charge in [-0.25, -0.2) is 0 Å². The molecule has 1 saturated heterocycles. The number of aliphatic hydroxyl groups excluding tert-OH is 1. The Morgan fingerprint density at radius 1 is 1.24 bits per heavy atom. The minimum absolute atomic E-state index is 0.138. The van der Waals surface area contributed by atoms with E-state index < -0.39 is 0 Å². The van der Waals surface area contributed by atoms with Gasteiger partial charge in [-0.05, 0) is 5.92 Å². The lowest BCUT2D eigenvalue weighted by Gasteiger charge is -2.34. The largest absolute Gasteiger partial charge is 0.393 e. The summed E-state index contributed by atoms with van der Waals surface area (Å²) in [4.78, 5) is 0. The normalized spacial score (nSPS) is 41.2. The maximum atomic E-state index is 9.85. The highest BCUT2D eigenvalue weighted by molar-refractivity contribution is 5.16.